The third-order valence-electron chi connectivity index (χ3n) is 9.57. The van der Waals surface area contributed by atoms with E-state index in [1.165, 1.54) is 10.9 Å². The first kappa shape index (κ1) is 37.9. The van der Waals surface area contributed by atoms with Crippen LogP contribution in [0.5, 0.6) is 11.5 Å². The zero-order chi connectivity index (χ0) is 38.2. The Balaban J connectivity index is 0.000000649. The highest BCUT2D eigenvalue weighted by Crippen LogP contribution is 2.30. The van der Waals surface area contributed by atoms with Gasteiger partial charge in [-0.05, 0) is 61.2 Å². The molecule has 6 aromatic rings. The summed E-state index contributed by atoms with van der Waals surface area (Å²) < 4.78 is 45.2. The van der Waals surface area contributed by atoms with Crippen LogP contribution in [0.4, 0.5) is 13.2 Å². The minimum atomic E-state index is -5.08. The van der Waals surface area contributed by atoms with Crippen LogP contribution in [-0.4, -0.2) is 74.7 Å². The van der Waals surface area contributed by atoms with Gasteiger partial charge < -0.3 is 39.7 Å². The van der Waals surface area contributed by atoms with Crippen LogP contribution >= 0.6 is 0 Å². The molecule has 4 heterocycles. The lowest BCUT2D eigenvalue weighted by atomic mass is 10.0. The number of aromatic nitrogens is 5. The van der Waals surface area contributed by atoms with Crippen molar-refractivity contribution >= 4 is 33.7 Å². The van der Waals surface area contributed by atoms with E-state index in [1.807, 2.05) is 42.6 Å². The van der Waals surface area contributed by atoms with Gasteiger partial charge in [0.05, 0.1) is 32.8 Å². The lowest BCUT2D eigenvalue weighted by Crippen LogP contribution is -2.48. The molecule has 284 valence electrons. The molecule has 0 radical (unpaired) electrons. The van der Waals surface area contributed by atoms with Crippen molar-refractivity contribution in [1.82, 2.24) is 35.4 Å². The number of nitrogens with one attached hydrogen (secondary N) is 4. The van der Waals surface area contributed by atoms with Gasteiger partial charge in [-0.1, -0.05) is 42.8 Å². The van der Waals surface area contributed by atoms with Gasteiger partial charge in [-0.25, -0.2) is 4.79 Å². The van der Waals surface area contributed by atoms with Crippen molar-refractivity contribution in [3.63, 3.8) is 0 Å². The fourth-order valence-electron chi connectivity index (χ4n) is 6.78. The molecule has 1 saturated heterocycles. The summed E-state index contributed by atoms with van der Waals surface area (Å²) in [4.78, 5) is 29.4. The number of hydrogen-bond donors (Lipinski definition) is 5. The molecule has 0 aliphatic carbocycles. The number of carbonyl (C=O) groups excluding carboxylic acids is 1. The van der Waals surface area contributed by atoms with Gasteiger partial charge in [-0.2, -0.15) is 13.2 Å². The molecule has 3 aromatic heterocycles. The number of fused-ring (bicyclic) bond motifs is 2. The topological polar surface area (TPSA) is 159 Å². The predicted molar refractivity (Wildman–Crippen MR) is 197 cm³/mol. The number of carboxylic acids is 1. The van der Waals surface area contributed by atoms with E-state index in [0.717, 1.165) is 77.1 Å². The van der Waals surface area contributed by atoms with Crippen molar-refractivity contribution in [2.45, 2.75) is 63.3 Å². The second-order valence-corrected chi connectivity index (χ2v) is 13.0. The number of methoxy groups -OCH3 is 2. The molecule has 15 heteroatoms. The Morgan fingerprint density at radius 1 is 0.907 bits per heavy atom. The van der Waals surface area contributed by atoms with E-state index >= 15 is 0 Å². The van der Waals surface area contributed by atoms with Crippen molar-refractivity contribution in [3.05, 3.63) is 107 Å². The van der Waals surface area contributed by atoms with Crippen LogP contribution in [0.2, 0.25) is 0 Å². The average molecular weight is 746 g/mol. The first-order valence-electron chi connectivity index (χ1n) is 17.6. The van der Waals surface area contributed by atoms with E-state index in [0.29, 0.717) is 25.2 Å². The molecule has 0 spiro atoms. The number of piperidine rings is 1. The van der Waals surface area contributed by atoms with Crippen molar-refractivity contribution in [2.24, 2.45) is 0 Å². The summed E-state index contributed by atoms with van der Waals surface area (Å²) in [6.45, 7) is 1.32. The van der Waals surface area contributed by atoms with Gasteiger partial charge in [0.25, 0.3) is 0 Å². The number of amides is 1. The molecule has 1 unspecified atom stereocenters. The number of carboxylic acid groups (broad SMARTS) is 1. The minimum absolute atomic E-state index is 0.00791. The molecular formula is C39H42F3N7O5. The Bertz CT molecular complexity index is 2200. The van der Waals surface area contributed by atoms with Gasteiger partial charge in [-0.15, -0.1) is 10.2 Å². The number of nitrogens with zero attached hydrogens (tertiary/aromatic N) is 3. The van der Waals surface area contributed by atoms with Crippen LogP contribution in [0.15, 0.2) is 79.1 Å². The quantitative estimate of drug-likeness (QED) is 0.0982. The normalized spacial score (nSPS) is 15.0. The summed E-state index contributed by atoms with van der Waals surface area (Å²) in [6, 6.07) is 21.8. The summed E-state index contributed by atoms with van der Waals surface area (Å²) in [5.74, 6) is 0.233. The number of alkyl halides is 3. The maximum atomic E-state index is 13.8. The Labute approximate surface area is 309 Å². The third kappa shape index (κ3) is 8.85. The van der Waals surface area contributed by atoms with Crippen LogP contribution in [0.3, 0.4) is 0 Å². The maximum absolute atomic E-state index is 13.8. The number of rotatable bonds is 12. The van der Waals surface area contributed by atoms with E-state index in [-0.39, 0.29) is 11.9 Å². The van der Waals surface area contributed by atoms with Gasteiger partial charge in [-0.3, -0.25) is 4.79 Å². The molecule has 12 nitrogen and oxygen atoms in total. The van der Waals surface area contributed by atoms with Gasteiger partial charge in [0.1, 0.15) is 17.3 Å². The van der Waals surface area contributed by atoms with Crippen molar-refractivity contribution in [1.29, 1.82) is 0 Å². The standard InChI is InChI=1S/C37H41N7O3.C2HF3O2/c1-46-27-16-14-25(34(20-27)47-2)23-44-35(17-15-24-21-39-30-11-5-3-9-28(24)30)42-43-36(44)33(41-37(45)32-13-7-8-18-38-32)19-26-22-40-31-12-6-4-10-29(26)31;3-2(4,5)1(6)7/h3-6,9-12,14,16,20-22,32-33,38-40H,7-8,13,15,17-19,23H2,1-2H3,(H,41,45);(H,6,7)/t32?,33-;/m1./s1. The average Bonchev–Trinajstić information content (AvgIpc) is 3.91. The van der Waals surface area contributed by atoms with E-state index in [2.05, 4.69) is 61.7 Å². The largest absolute Gasteiger partial charge is 0.497 e. The number of H-pyrrole nitrogens is 2. The van der Waals surface area contributed by atoms with Crippen LogP contribution in [0.25, 0.3) is 21.8 Å². The van der Waals surface area contributed by atoms with Crippen LogP contribution in [0.1, 0.15) is 53.6 Å². The molecule has 7 rings (SSSR count). The number of ether oxygens (including phenoxy) is 2. The Morgan fingerprint density at radius 2 is 1.57 bits per heavy atom. The number of halogens is 3. The fourth-order valence-corrected chi connectivity index (χ4v) is 6.78. The fraction of sp³-hybridized carbons (Fsp3) is 0.333. The first-order chi connectivity index (χ1) is 26.0. The zero-order valence-electron chi connectivity index (χ0n) is 29.9. The SMILES string of the molecule is COc1ccc(Cn2c(CCc3c[nH]c4ccccc34)nnc2[C@@H](Cc2c[nH]c3ccccc23)NC(=O)C2CCCCN2)c(OC)c1.O=C(O)C(F)(F)F. The van der Waals surface area contributed by atoms with Gasteiger partial charge in [0.15, 0.2) is 5.82 Å². The van der Waals surface area contributed by atoms with Gasteiger partial charge >= 0.3 is 12.1 Å². The number of aryl methyl sites for hydroxylation is 2. The molecule has 1 fully saturated rings. The highest BCUT2D eigenvalue weighted by Gasteiger charge is 2.38. The molecule has 1 aliphatic rings. The first-order valence-corrected chi connectivity index (χ1v) is 17.6. The maximum Gasteiger partial charge on any atom is 0.490 e. The molecular weight excluding hydrogens is 703 g/mol. The molecule has 0 bridgehead atoms. The number of para-hydroxylation sites is 2. The minimum Gasteiger partial charge on any atom is -0.497 e. The number of carbonyl (C=O) groups is 2. The summed E-state index contributed by atoms with van der Waals surface area (Å²) >= 11 is 0. The number of aromatic amines is 2. The second kappa shape index (κ2) is 16.9. The van der Waals surface area contributed by atoms with Crippen LogP contribution < -0.4 is 20.1 Å². The van der Waals surface area contributed by atoms with E-state index in [1.54, 1.807) is 14.2 Å². The third-order valence-corrected chi connectivity index (χ3v) is 9.57. The summed E-state index contributed by atoms with van der Waals surface area (Å²) in [5, 5.41) is 25.9. The monoisotopic (exact) mass is 745 g/mol. The van der Waals surface area contributed by atoms with E-state index < -0.39 is 18.2 Å². The Hall–Kier alpha value is -5.83. The summed E-state index contributed by atoms with van der Waals surface area (Å²) in [5.41, 5.74) is 5.48. The Morgan fingerprint density at radius 3 is 2.20 bits per heavy atom. The molecule has 5 N–H and O–H groups in total. The van der Waals surface area contributed by atoms with Crippen molar-refractivity contribution < 1.29 is 37.3 Å². The van der Waals surface area contributed by atoms with Crippen LogP contribution in [-0.2, 0) is 35.4 Å². The Kier molecular flexibility index (Phi) is 11.9. The lowest BCUT2D eigenvalue weighted by molar-refractivity contribution is -0.192. The van der Waals surface area contributed by atoms with E-state index in [4.69, 9.17) is 29.6 Å². The highest BCUT2D eigenvalue weighted by atomic mass is 19.4. The highest BCUT2D eigenvalue weighted by molar-refractivity contribution is 5.84. The second-order valence-electron chi connectivity index (χ2n) is 13.0. The number of benzene rings is 3. The van der Waals surface area contributed by atoms with Gasteiger partial charge in [0, 0.05) is 58.7 Å². The molecule has 1 aliphatic heterocycles. The molecule has 54 heavy (non-hydrogen) atoms. The molecule has 2 atom stereocenters. The predicted octanol–water partition coefficient (Wildman–Crippen LogP) is 6.27. The molecule has 0 saturated carbocycles. The summed E-state index contributed by atoms with van der Waals surface area (Å²) in [6.07, 6.45) is 3.98. The zero-order valence-corrected chi connectivity index (χ0v) is 29.9. The molecule has 3 aromatic carbocycles. The van der Waals surface area contributed by atoms with Crippen LogP contribution in [0, 0.1) is 0 Å². The van der Waals surface area contributed by atoms with Crippen molar-refractivity contribution in [2.75, 3.05) is 20.8 Å². The summed E-state index contributed by atoms with van der Waals surface area (Å²) in [7, 11) is 3.31. The number of aliphatic carboxylic acids is 1. The van der Waals surface area contributed by atoms with Gasteiger partial charge in [0.2, 0.25) is 5.91 Å². The number of hydrogen-bond acceptors (Lipinski definition) is 7. The van der Waals surface area contributed by atoms with Crippen molar-refractivity contribution in [3.8, 4) is 11.5 Å². The molecule has 1 amide bonds. The lowest BCUT2D eigenvalue weighted by Gasteiger charge is -2.26. The van der Waals surface area contributed by atoms with E-state index in [9.17, 15) is 18.0 Å². The smallest absolute Gasteiger partial charge is 0.490 e.